The Morgan fingerprint density at radius 2 is 1.85 bits per heavy atom. The van der Waals surface area contributed by atoms with Gasteiger partial charge in [-0.15, -0.1) is 0 Å². The Morgan fingerprint density at radius 3 is 2.55 bits per heavy atom. The average molecular weight is 278 g/mol. The SMILES string of the molecule is Cc1cc(O)c2c(c1)[C@H](O)[C@H]1CC[C@H](O)[C@@H](O)[C@@H]1C2=O. The summed E-state index contributed by atoms with van der Waals surface area (Å²) in [5, 5.41) is 40.3. The highest BCUT2D eigenvalue weighted by atomic mass is 16.3. The maximum atomic E-state index is 12.5. The molecule has 0 unspecified atom stereocenters. The average Bonchev–Trinajstić information content (AvgIpc) is 2.38. The predicted molar refractivity (Wildman–Crippen MR) is 70.4 cm³/mol. The third kappa shape index (κ3) is 1.78. The van der Waals surface area contributed by atoms with Crippen molar-refractivity contribution < 1.29 is 25.2 Å². The van der Waals surface area contributed by atoms with Crippen molar-refractivity contribution in [2.24, 2.45) is 11.8 Å². The minimum atomic E-state index is -1.19. The van der Waals surface area contributed by atoms with E-state index in [4.69, 9.17) is 0 Å². The van der Waals surface area contributed by atoms with E-state index < -0.39 is 30.1 Å². The van der Waals surface area contributed by atoms with Crippen LogP contribution >= 0.6 is 0 Å². The first kappa shape index (κ1) is 13.5. The number of carbonyl (C=O) groups excluding carboxylic acids is 1. The van der Waals surface area contributed by atoms with E-state index >= 15 is 0 Å². The minimum absolute atomic E-state index is 0.0810. The number of phenolic OH excluding ortho intramolecular Hbond substituents is 1. The molecule has 1 aromatic carbocycles. The van der Waals surface area contributed by atoms with E-state index in [9.17, 15) is 25.2 Å². The number of rotatable bonds is 0. The van der Waals surface area contributed by atoms with Crippen molar-refractivity contribution in [3.05, 3.63) is 28.8 Å². The standard InChI is InChI=1S/C15H18O5/c1-6-4-8-11(10(17)5-6)15(20)12-7(13(8)18)2-3-9(16)14(12)19/h4-5,7,9,12-14,16-19H,2-3H2,1H3/t7-,9-,12+,13+,14+/m0/s1. The molecule has 0 saturated heterocycles. The fourth-order valence-corrected chi connectivity index (χ4v) is 3.60. The van der Waals surface area contributed by atoms with Crippen molar-refractivity contribution in [2.45, 2.75) is 38.1 Å². The number of benzene rings is 1. The number of ketones is 1. The van der Waals surface area contributed by atoms with Crippen LogP contribution in [0, 0.1) is 18.8 Å². The normalized spacial score (nSPS) is 36.4. The summed E-state index contributed by atoms with van der Waals surface area (Å²) in [7, 11) is 0. The first-order chi connectivity index (χ1) is 9.41. The molecule has 0 aliphatic heterocycles. The number of Topliss-reactive ketones (excluding diaryl/α,β-unsaturated/α-hetero) is 1. The Kier molecular flexibility index (Phi) is 3.08. The second-order valence-electron chi connectivity index (χ2n) is 5.88. The minimum Gasteiger partial charge on any atom is -0.507 e. The van der Waals surface area contributed by atoms with Crippen LogP contribution in [0.4, 0.5) is 0 Å². The van der Waals surface area contributed by atoms with Crippen molar-refractivity contribution in [3.8, 4) is 5.75 Å². The predicted octanol–water partition coefficient (Wildman–Crippen LogP) is 0.678. The van der Waals surface area contributed by atoms with Gasteiger partial charge < -0.3 is 20.4 Å². The Morgan fingerprint density at radius 1 is 1.15 bits per heavy atom. The lowest BCUT2D eigenvalue weighted by molar-refractivity contribution is -0.0848. The molecule has 1 fully saturated rings. The van der Waals surface area contributed by atoms with Gasteiger partial charge in [-0.25, -0.2) is 0 Å². The highest BCUT2D eigenvalue weighted by Gasteiger charge is 2.50. The number of phenols is 1. The molecule has 0 amide bonds. The van der Waals surface area contributed by atoms with Gasteiger partial charge in [0.25, 0.3) is 0 Å². The van der Waals surface area contributed by atoms with E-state index in [1.165, 1.54) is 6.07 Å². The number of fused-ring (bicyclic) bond motifs is 2. The van der Waals surface area contributed by atoms with Gasteiger partial charge in [0.15, 0.2) is 5.78 Å². The first-order valence-corrected chi connectivity index (χ1v) is 6.83. The molecule has 5 heteroatoms. The van der Waals surface area contributed by atoms with Crippen LogP contribution in [-0.2, 0) is 0 Å². The van der Waals surface area contributed by atoms with Crippen LogP contribution < -0.4 is 0 Å². The summed E-state index contributed by atoms with van der Waals surface area (Å²) in [5.74, 6) is -1.82. The van der Waals surface area contributed by atoms with Crippen LogP contribution in [-0.4, -0.2) is 38.4 Å². The van der Waals surface area contributed by atoms with Gasteiger partial charge >= 0.3 is 0 Å². The smallest absolute Gasteiger partial charge is 0.173 e. The molecule has 0 radical (unpaired) electrons. The monoisotopic (exact) mass is 278 g/mol. The van der Waals surface area contributed by atoms with Gasteiger partial charge in [0.2, 0.25) is 0 Å². The van der Waals surface area contributed by atoms with Crippen LogP contribution in [0.15, 0.2) is 12.1 Å². The molecule has 1 aromatic rings. The largest absolute Gasteiger partial charge is 0.507 e. The molecule has 0 heterocycles. The van der Waals surface area contributed by atoms with Crippen LogP contribution in [0.5, 0.6) is 5.75 Å². The molecule has 0 aromatic heterocycles. The van der Waals surface area contributed by atoms with Crippen LogP contribution in [0.2, 0.25) is 0 Å². The van der Waals surface area contributed by atoms with Gasteiger partial charge in [0.1, 0.15) is 5.75 Å². The van der Waals surface area contributed by atoms with E-state index in [0.717, 1.165) is 5.56 Å². The highest BCUT2D eigenvalue weighted by Crippen LogP contribution is 2.47. The number of aromatic hydroxyl groups is 1. The van der Waals surface area contributed by atoms with Gasteiger partial charge in [0, 0.05) is 5.92 Å². The van der Waals surface area contributed by atoms with Gasteiger partial charge in [0.05, 0.1) is 29.8 Å². The molecule has 108 valence electrons. The van der Waals surface area contributed by atoms with Gasteiger partial charge in [-0.3, -0.25) is 4.79 Å². The molecular weight excluding hydrogens is 260 g/mol. The maximum absolute atomic E-state index is 12.5. The quantitative estimate of drug-likeness (QED) is 0.559. The van der Waals surface area contributed by atoms with Crippen LogP contribution in [0.3, 0.4) is 0 Å². The molecule has 20 heavy (non-hydrogen) atoms. The van der Waals surface area contributed by atoms with Crippen molar-refractivity contribution in [1.82, 2.24) is 0 Å². The Balaban J connectivity index is 2.15. The molecule has 2 aliphatic rings. The Hall–Kier alpha value is -1.43. The van der Waals surface area contributed by atoms with Gasteiger partial charge in [-0.05, 0) is 37.0 Å². The number of aryl methyl sites for hydroxylation is 1. The third-order valence-corrected chi connectivity index (χ3v) is 4.58. The number of aliphatic hydroxyl groups is 3. The zero-order chi connectivity index (χ0) is 14.6. The summed E-state index contributed by atoms with van der Waals surface area (Å²) in [4.78, 5) is 12.5. The van der Waals surface area contributed by atoms with E-state index in [-0.39, 0.29) is 17.1 Å². The molecule has 0 spiro atoms. The lowest BCUT2D eigenvalue weighted by atomic mass is 9.64. The van der Waals surface area contributed by atoms with Gasteiger partial charge in [-0.2, -0.15) is 0 Å². The van der Waals surface area contributed by atoms with E-state index in [2.05, 4.69) is 0 Å². The molecular formula is C15H18O5. The Bertz CT molecular complexity index is 568. The molecule has 0 bridgehead atoms. The molecule has 5 atom stereocenters. The molecule has 4 N–H and O–H groups in total. The highest BCUT2D eigenvalue weighted by molar-refractivity contribution is 6.03. The number of carbonyl (C=O) groups is 1. The van der Waals surface area contributed by atoms with Crippen LogP contribution in [0.1, 0.15) is 40.4 Å². The van der Waals surface area contributed by atoms with Crippen molar-refractivity contribution in [2.75, 3.05) is 0 Å². The molecule has 5 nitrogen and oxygen atoms in total. The summed E-state index contributed by atoms with van der Waals surface area (Å²) in [6.45, 7) is 1.78. The van der Waals surface area contributed by atoms with Crippen molar-refractivity contribution >= 4 is 5.78 Å². The number of hydrogen-bond acceptors (Lipinski definition) is 5. The summed E-state index contributed by atoms with van der Waals surface area (Å²) >= 11 is 0. The molecule has 3 rings (SSSR count). The fourth-order valence-electron chi connectivity index (χ4n) is 3.60. The molecule has 2 aliphatic carbocycles. The van der Waals surface area contributed by atoms with E-state index in [1.807, 2.05) is 0 Å². The third-order valence-electron chi connectivity index (χ3n) is 4.58. The second-order valence-corrected chi connectivity index (χ2v) is 5.88. The lowest BCUT2D eigenvalue weighted by Crippen LogP contribution is -2.50. The lowest BCUT2D eigenvalue weighted by Gasteiger charge is -2.43. The topological polar surface area (TPSA) is 98.0 Å². The van der Waals surface area contributed by atoms with Crippen molar-refractivity contribution in [1.29, 1.82) is 0 Å². The fraction of sp³-hybridized carbons (Fsp3) is 0.533. The summed E-state index contributed by atoms with van der Waals surface area (Å²) in [6, 6.07) is 3.17. The first-order valence-electron chi connectivity index (χ1n) is 6.83. The zero-order valence-electron chi connectivity index (χ0n) is 11.2. The van der Waals surface area contributed by atoms with E-state index in [0.29, 0.717) is 18.4 Å². The number of hydrogen-bond donors (Lipinski definition) is 4. The Labute approximate surface area is 116 Å². The van der Waals surface area contributed by atoms with Gasteiger partial charge in [-0.1, -0.05) is 6.07 Å². The molecule has 1 saturated carbocycles. The number of aliphatic hydroxyl groups excluding tert-OH is 3. The van der Waals surface area contributed by atoms with Crippen molar-refractivity contribution in [3.63, 3.8) is 0 Å². The van der Waals surface area contributed by atoms with E-state index in [1.54, 1.807) is 13.0 Å². The summed E-state index contributed by atoms with van der Waals surface area (Å²) < 4.78 is 0. The maximum Gasteiger partial charge on any atom is 0.173 e. The summed E-state index contributed by atoms with van der Waals surface area (Å²) in [5.41, 5.74) is 1.28. The van der Waals surface area contributed by atoms with Crippen LogP contribution in [0.25, 0.3) is 0 Å². The zero-order valence-corrected chi connectivity index (χ0v) is 11.2. The second kappa shape index (κ2) is 4.55. The summed E-state index contributed by atoms with van der Waals surface area (Å²) in [6.07, 6.45) is -2.21.